The molecule has 22 heavy (non-hydrogen) atoms. The highest BCUT2D eigenvalue weighted by atomic mass is 35.5. The van der Waals surface area contributed by atoms with E-state index in [9.17, 15) is 9.59 Å². The van der Waals surface area contributed by atoms with Crippen LogP contribution < -0.4 is 0 Å². The van der Waals surface area contributed by atoms with E-state index in [1.165, 1.54) is 6.92 Å². The minimum absolute atomic E-state index is 0.0235. The Morgan fingerprint density at radius 3 is 2.68 bits per heavy atom. The SMILES string of the molecule is CC(=O)N(CCc1cccc(Cl)c1)CC(=O)N1CCOCC1. The van der Waals surface area contributed by atoms with Crippen molar-refractivity contribution in [1.29, 1.82) is 0 Å². The number of ether oxygens (including phenoxy) is 1. The van der Waals surface area contributed by atoms with Gasteiger partial charge in [0.15, 0.2) is 0 Å². The highest BCUT2D eigenvalue weighted by Crippen LogP contribution is 2.11. The van der Waals surface area contributed by atoms with Crippen LogP contribution in [-0.2, 0) is 20.7 Å². The van der Waals surface area contributed by atoms with Crippen molar-refractivity contribution in [3.63, 3.8) is 0 Å². The summed E-state index contributed by atoms with van der Waals surface area (Å²) in [6, 6.07) is 7.54. The molecule has 1 aromatic carbocycles. The summed E-state index contributed by atoms with van der Waals surface area (Å²) < 4.78 is 5.23. The zero-order valence-electron chi connectivity index (χ0n) is 12.8. The molecule has 0 aliphatic carbocycles. The van der Waals surface area contributed by atoms with Crippen LogP contribution in [-0.4, -0.2) is 61.0 Å². The van der Waals surface area contributed by atoms with E-state index < -0.39 is 0 Å². The molecule has 0 atom stereocenters. The van der Waals surface area contributed by atoms with Gasteiger partial charge in [0.2, 0.25) is 11.8 Å². The number of hydrogen-bond donors (Lipinski definition) is 0. The number of nitrogens with zero attached hydrogens (tertiary/aromatic N) is 2. The van der Waals surface area contributed by atoms with Gasteiger partial charge in [-0.1, -0.05) is 23.7 Å². The average molecular weight is 325 g/mol. The Balaban J connectivity index is 1.89. The van der Waals surface area contributed by atoms with E-state index in [2.05, 4.69) is 0 Å². The molecule has 1 heterocycles. The van der Waals surface area contributed by atoms with Crippen molar-refractivity contribution in [2.45, 2.75) is 13.3 Å². The van der Waals surface area contributed by atoms with Gasteiger partial charge in [0.1, 0.15) is 0 Å². The number of benzene rings is 1. The standard InChI is InChI=1S/C16H21ClN2O3/c1-13(20)19(6-5-14-3-2-4-15(17)11-14)12-16(21)18-7-9-22-10-8-18/h2-4,11H,5-10,12H2,1H3. The van der Waals surface area contributed by atoms with Crippen molar-refractivity contribution >= 4 is 23.4 Å². The average Bonchev–Trinajstić information content (AvgIpc) is 2.52. The first-order chi connectivity index (χ1) is 10.6. The molecule has 0 saturated carbocycles. The molecule has 0 spiro atoms. The quantitative estimate of drug-likeness (QED) is 0.826. The molecule has 120 valence electrons. The number of hydrogen-bond acceptors (Lipinski definition) is 3. The van der Waals surface area contributed by atoms with Crippen LogP contribution in [0.2, 0.25) is 5.02 Å². The predicted molar refractivity (Wildman–Crippen MR) is 84.8 cm³/mol. The maximum absolute atomic E-state index is 12.2. The summed E-state index contributed by atoms with van der Waals surface area (Å²) in [4.78, 5) is 27.3. The van der Waals surface area contributed by atoms with Crippen LogP contribution in [0.1, 0.15) is 12.5 Å². The normalized spacial score (nSPS) is 14.7. The fourth-order valence-electron chi connectivity index (χ4n) is 2.38. The zero-order valence-corrected chi connectivity index (χ0v) is 13.5. The first-order valence-electron chi connectivity index (χ1n) is 7.42. The van der Waals surface area contributed by atoms with Crippen molar-refractivity contribution in [2.24, 2.45) is 0 Å². The number of halogens is 1. The molecule has 0 N–H and O–H groups in total. The van der Waals surface area contributed by atoms with Gasteiger partial charge in [0.25, 0.3) is 0 Å². The van der Waals surface area contributed by atoms with Gasteiger partial charge in [-0.15, -0.1) is 0 Å². The molecule has 1 aliphatic rings. The van der Waals surface area contributed by atoms with E-state index in [1.54, 1.807) is 9.80 Å². The molecule has 2 rings (SSSR count). The molecule has 1 fully saturated rings. The van der Waals surface area contributed by atoms with Crippen LogP contribution >= 0.6 is 11.6 Å². The van der Waals surface area contributed by atoms with Crippen LogP contribution in [0, 0.1) is 0 Å². The number of carbonyl (C=O) groups excluding carboxylic acids is 2. The van der Waals surface area contributed by atoms with E-state index in [1.807, 2.05) is 24.3 Å². The summed E-state index contributed by atoms with van der Waals surface area (Å²) in [6.07, 6.45) is 0.677. The highest BCUT2D eigenvalue weighted by Gasteiger charge is 2.20. The third kappa shape index (κ3) is 5.00. The first-order valence-corrected chi connectivity index (χ1v) is 7.79. The number of amides is 2. The van der Waals surface area contributed by atoms with Crippen LogP contribution in [0.5, 0.6) is 0 Å². The van der Waals surface area contributed by atoms with Gasteiger partial charge < -0.3 is 14.5 Å². The largest absolute Gasteiger partial charge is 0.378 e. The number of morpholine rings is 1. The van der Waals surface area contributed by atoms with Crippen LogP contribution in [0.25, 0.3) is 0 Å². The fraction of sp³-hybridized carbons (Fsp3) is 0.500. The molecule has 1 aliphatic heterocycles. The molecule has 0 bridgehead atoms. The fourth-order valence-corrected chi connectivity index (χ4v) is 2.59. The molecule has 0 radical (unpaired) electrons. The third-order valence-corrected chi connectivity index (χ3v) is 3.93. The zero-order chi connectivity index (χ0) is 15.9. The van der Waals surface area contributed by atoms with E-state index in [4.69, 9.17) is 16.3 Å². The summed E-state index contributed by atoms with van der Waals surface area (Å²) >= 11 is 5.96. The lowest BCUT2D eigenvalue weighted by molar-refractivity contribution is -0.142. The topological polar surface area (TPSA) is 49.9 Å². The van der Waals surface area contributed by atoms with Crippen molar-refractivity contribution in [1.82, 2.24) is 9.80 Å². The van der Waals surface area contributed by atoms with Gasteiger partial charge in [-0.05, 0) is 24.1 Å². The summed E-state index contributed by atoms with van der Waals surface area (Å²) in [5.74, 6) is -0.117. The van der Waals surface area contributed by atoms with Crippen LogP contribution in [0.4, 0.5) is 0 Å². The van der Waals surface area contributed by atoms with Crippen molar-refractivity contribution in [2.75, 3.05) is 39.4 Å². The van der Waals surface area contributed by atoms with E-state index in [-0.39, 0.29) is 18.4 Å². The molecule has 1 saturated heterocycles. The lowest BCUT2D eigenvalue weighted by Gasteiger charge is -2.29. The van der Waals surface area contributed by atoms with Gasteiger partial charge in [0.05, 0.1) is 19.8 Å². The van der Waals surface area contributed by atoms with Gasteiger partial charge >= 0.3 is 0 Å². The Morgan fingerprint density at radius 1 is 1.32 bits per heavy atom. The minimum Gasteiger partial charge on any atom is -0.378 e. The second kappa shape index (κ2) is 8.15. The van der Waals surface area contributed by atoms with Crippen molar-refractivity contribution < 1.29 is 14.3 Å². The van der Waals surface area contributed by atoms with Crippen LogP contribution in [0.15, 0.2) is 24.3 Å². The monoisotopic (exact) mass is 324 g/mol. The Bertz CT molecular complexity index is 530. The van der Waals surface area contributed by atoms with Crippen molar-refractivity contribution in [3.05, 3.63) is 34.9 Å². The van der Waals surface area contributed by atoms with Gasteiger partial charge in [-0.3, -0.25) is 9.59 Å². The summed E-state index contributed by atoms with van der Waals surface area (Å²) in [5.41, 5.74) is 1.05. The van der Waals surface area contributed by atoms with E-state index >= 15 is 0 Å². The molecule has 2 amide bonds. The molecule has 0 unspecified atom stereocenters. The van der Waals surface area contributed by atoms with Crippen LogP contribution in [0.3, 0.4) is 0 Å². The summed E-state index contributed by atoms with van der Waals surface area (Å²) in [6.45, 7) is 4.44. The molecule has 0 aromatic heterocycles. The smallest absolute Gasteiger partial charge is 0.242 e. The lowest BCUT2D eigenvalue weighted by atomic mass is 10.1. The molecule has 6 heteroatoms. The predicted octanol–water partition coefficient (Wildman–Crippen LogP) is 1.59. The van der Waals surface area contributed by atoms with E-state index in [0.29, 0.717) is 44.3 Å². The van der Waals surface area contributed by atoms with Gasteiger partial charge in [0, 0.05) is 31.6 Å². The van der Waals surface area contributed by atoms with Gasteiger partial charge in [-0.25, -0.2) is 0 Å². The Kier molecular flexibility index (Phi) is 6.21. The minimum atomic E-state index is -0.0939. The lowest BCUT2D eigenvalue weighted by Crippen LogP contribution is -2.47. The number of rotatable bonds is 5. The number of carbonyl (C=O) groups is 2. The summed E-state index contributed by atoms with van der Waals surface area (Å²) in [5, 5.41) is 0.677. The Morgan fingerprint density at radius 2 is 2.05 bits per heavy atom. The van der Waals surface area contributed by atoms with Crippen molar-refractivity contribution in [3.8, 4) is 0 Å². The molecule has 5 nitrogen and oxygen atoms in total. The third-order valence-electron chi connectivity index (χ3n) is 3.69. The molecular formula is C16H21ClN2O3. The maximum Gasteiger partial charge on any atom is 0.242 e. The Labute approximate surface area is 135 Å². The van der Waals surface area contributed by atoms with Gasteiger partial charge in [-0.2, -0.15) is 0 Å². The van der Waals surface area contributed by atoms with E-state index in [0.717, 1.165) is 5.56 Å². The molecular weight excluding hydrogens is 304 g/mol. The second-order valence-corrected chi connectivity index (χ2v) is 5.75. The first kappa shape index (κ1) is 16.8. The second-order valence-electron chi connectivity index (χ2n) is 5.31. The Hall–Kier alpha value is -1.59. The summed E-state index contributed by atoms with van der Waals surface area (Å²) in [7, 11) is 0. The maximum atomic E-state index is 12.2. The highest BCUT2D eigenvalue weighted by molar-refractivity contribution is 6.30. The molecule has 1 aromatic rings.